The van der Waals surface area contributed by atoms with Crippen molar-refractivity contribution in [2.24, 2.45) is 0 Å². The number of carbonyl (C=O) groups excluding carboxylic acids is 1. The second-order valence-electron chi connectivity index (χ2n) is 8.13. The van der Waals surface area contributed by atoms with E-state index in [2.05, 4.69) is 17.4 Å². The Kier molecular flexibility index (Phi) is 7.15. The number of carboxylic acids is 2. The Labute approximate surface area is 192 Å². The molecule has 1 heterocycles. The van der Waals surface area contributed by atoms with Crippen LogP contribution in [0, 0.1) is 0 Å². The number of carbonyl (C=O) groups is 3. The van der Waals surface area contributed by atoms with Crippen molar-refractivity contribution < 1.29 is 42.5 Å². The van der Waals surface area contributed by atoms with Gasteiger partial charge in [0.2, 0.25) is 0 Å². The third-order valence-electron chi connectivity index (χ3n) is 5.80. The number of alkyl halides is 3. The number of benzene rings is 2. The lowest BCUT2D eigenvalue weighted by molar-refractivity contribution is -0.192. The number of nitrogens with one attached hydrogen (secondary N) is 1. The molecule has 1 saturated heterocycles. The fourth-order valence-corrected chi connectivity index (χ4v) is 4.16. The summed E-state index contributed by atoms with van der Waals surface area (Å²) in [5, 5.41) is 19.3. The van der Waals surface area contributed by atoms with E-state index in [-0.39, 0.29) is 19.1 Å². The Morgan fingerprint density at radius 1 is 1.06 bits per heavy atom. The third-order valence-corrected chi connectivity index (χ3v) is 5.80. The summed E-state index contributed by atoms with van der Waals surface area (Å²) in [6.07, 6.45) is -5.40. The van der Waals surface area contributed by atoms with Crippen LogP contribution in [-0.2, 0) is 14.3 Å². The lowest BCUT2D eigenvalue weighted by Gasteiger charge is -2.25. The molecule has 11 heteroatoms. The van der Waals surface area contributed by atoms with Crippen LogP contribution in [0.25, 0.3) is 11.1 Å². The number of rotatable bonds is 4. The minimum Gasteiger partial charge on any atom is -0.479 e. The number of nitrogens with zero attached hydrogens (tertiary/aromatic N) is 1. The van der Waals surface area contributed by atoms with Crippen molar-refractivity contribution in [1.82, 2.24) is 10.2 Å². The van der Waals surface area contributed by atoms with Crippen molar-refractivity contribution in [2.75, 3.05) is 26.7 Å². The Bertz CT molecular complexity index is 1040. The van der Waals surface area contributed by atoms with E-state index in [4.69, 9.17) is 14.6 Å². The summed E-state index contributed by atoms with van der Waals surface area (Å²) in [4.78, 5) is 34.9. The molecule has 34 heavy (non-hydrogen) atoms. The van der Waals surface area contributed by atoms with Crippen LogP contribution in [0.1, 0.15) is 23.5 Å². The van der Waals surface area contributed by atoms with Crippen LogP contribution in [0.5, 0.6) is 0 Å². The lowest BCUT2D eigenvalue weighted by Crippen LogP contribution is -2.56. The first-order chi connectivity index (χ1) is 15.9. The Hall–Kier alpha value is -3.60. The van der Waals surface area contributed by atoms with E-state index in [1.54, 1.807) is 0 Å². The van der Waals surface area contributed by atoms with E-state index in [1.165, 1.54) is 0 Å². The van der Waals surface area contributed by atoms with Crippen LogP contribution in [0.3, 0.4) is 0 Å². The highest BCUT2D eigenvalue weighted by Gasteiger charge is 2.45. The summed E-state index contributed by atoms with van der Waals surface area (Å²) in [5.41, 5.74) is 3.28. The van der Waals surface area contributed by atoms with Crippen LogP contribution in [-0.4, -0.2) is 71.6 Å². The zero-order chi connectivity index (χ0) is 25.1. The van der Waals surface area contributed by atoms with Crippen LogP contribution in [0.15, 0.2) is 48.5 Å². The molecule has 0 bridgehead atoms. The summed E-state index contributed by atoms with van der Waals surface area (Å²) in [6, 6.07) is 16.2. The highest BCUT2D eigenvalue weighted by atomic mass is 19.4. The number of aliphatic carboxylic acids is 2. The zero-order valence-electron chi connectivity index (χ0n) is 18.1. The van der Waals surface area contributed by atoms with Crippen molar-refractivity contribution in [2.45, 2.75) is 24.1 Å². The first-order valence-corrected chi connectivity index (χ1v) is 10.3. The SMILES string of the molecule is CN1CC[C@@](NC(=O)OCC2c3ccccc3-c3ccccc32)(C(=O)O)C1.O=C(O)C(F)(F)F. The van der Waals surface area contributed by atoms with Gasteiger partial charge >= 0.3 is 24.2 Å². The largest absolute Gasteiger partial charge is 0.490 e. The zero-order valence-corrected chi connectivity index (χ0v) is 18.1. The van der Waals surface area contributed by atoms with Crippen molar-refractivity contribution in [3.63, 3.8) is 0 Å². The molecule has 2 aliphatic rings. The lowest BCUT2D eigenvalue weighted by atomic mass is 9.98. The number of fused-ring (bicyclic) bond motifs is 3. The van der Waals surface area contributed by atoms with Gasteiger partial charge in [0.05, 0.1) is 0 Å². The molecule has 1 aliphatic heterocycles. The monoisotopic (exact) mass is 480 g/mol. The second kappa shape index (κ2) is 9.72. The van der Waals surface area contributed by atoms with Crippen molar-refractivity contribution in [3.8, 4) is 11.1 Å². The average Bonchev–Trinajstić information content (AvgIpc) is 3.31. The van der Waals surface area contributed by atoms with E-state index in [0.29, 0.717) is 13.0 Å². The normalized spacial score (nSPS) is 19.4. The van der Waals surface area contributed by atoms with Gasteiger partial charge in [-0.1, -0.05) is 48.5 Å². The van der Waals surface area contributed by atoms with Crippen molar-refractivity contribution in [1.29, 1.82) is 0 Å². The second-order valence-corrected chi connectivity index (χ2v) is 8.13. The molecule has 4 rings (SSSR count). The van der Waals surface area contributed by atoms with Crippen LogP contribution in [0.4, 0.5) is 18.0 Å². The maximum Gasteiger partial charge on any atom is 0.490 e. The maximum absolute atomic E-state index is 12.4. The molecule has 1 fully saturated rings. The molecule has 2 aromatic rings. The van der Waals surface area contributed by atoms with Crippen LogP contribution < -0.4 is 5.32 Å². The summed E-state index contributed by atoms with van der Waals surface area (Å²) >= 11 is 0. The molecule has 0 unspecified atom stereocenters. The highest BCUT2D eigenvalue weighted by Crippen LogP contribution is 2.44. The van der Waals surface area contributed by atoms with Crippen molar-refractivity contribution >= 4 is 18.0 Å². The molecular formula is C23H23F3N2O6. The molecule has 3 N–H and O–H groups in total. The maximum atomic E-state index is 12.4. The van der Waals surface area contributed by atoms with Gasteiger partial charge in [-0.2, -0.15) is 13.2 Å². The van der Waals surface area contributed by atoms with Gasteiger partial charge in [-0.15, -0.1) is 0 Å². The predicted molar refractivity (Wildman–Crippen MR) is 114 cm³/mol. The average molecular weight is 480 g/mol. The molecule has 1 amide bonds. The number of alkyl carbamates (subject to hydrolysis) is 1. The summed E-state index contributed by atoms with van der Waals surface area (Å²) in [6.45, 7) is 1.06. The molecule has 0 aromatic heterocycles. The van der Waals surface area contributed by atoms with E-state index < -0.39 is 29.7 Å². The minimum atomic E-state index is -5.08. The van der Waals surface area contributed by atoms with Crippen molar-refractivity contribution in [3.05, 3.63) is 59.7 Å². The number of ether oxygens (including phenoxy) is 1. The van der Waals surface area contributed by atoms with Gasteiger partial charge in [0, 0.05) is 19.0 Å². The van der Waals surface area contributed by atoms with Gasteiger partial charge in [0.1, 0.15) is 6.61 Å². The first-order valence-electron chi connectivity index (χ1n) is 10.3. The summed E-state index contributed by atoms with van der Waals surface area (Å²) < 4.78 is 37.2. The van der Waals surface area contributed by atoms with Gasteiger partial charge in [0.25, 0.3) is 0 Å². The molecule has 8 nitrogen and oxygen atoms in total. The molecule has 0 spiro atoms. The van der Waals surface area contributed by atoms with Gasteiger partial charge in [-0.25, -0.2) is 14.4 Å². The number of carboxylic acid groups (broad SMARTS) is 2. The number of likely N-dealkylation sites (N-methyl/N-ethyl adjacent to an activating group) is 1. The number of hydrogen-bond donors (Lipinski definition) is 3. The molecule has 182 valence electrons. The fraction of sp³-hybridized carbons (Fsp3) is 0.348. The topological polar surface area (TPSA) is 116 Å². The molecule has 0 radical (unpaired) electrons. The fourth-order valence-electron chi connectivity index (χ4n) is 4.16. The molecular weight excluding hydrogens is 457 g/mol. The Morgan fingerprint density at radius 3 is 1.97 bits per heavy atom. The quantitative estimate of drug-likeness (QED) is 0.615. The van der Waals surface area contributed by atoms with Crippen LogP contribution >= 0.6 is 0 Å². The molecule has 1 aliphatic carbocycles. The summed E-state index contributed by atoms with van der Waals surface area (Å²) in [7, 11) is 1.84. The van der Waals surface area contributed by atoms with E-state index >= 15 is 0 Å². The predicted octanol–water partition coefficient (Wildman–Crippen LogP) is 3.32. The van der Waals surface area contributed by atoms with E-state index in [0.717, 1.165) is 22.3 Å². The van der Waals surface area contributed by atoms with Gasteiger partial charge in [0.15, 0.2) is 5.54 Å². The number of amides is 1. The molecule has 0 saturated carbocycles. The van der Waals surface area contributed by atoms with E-state index in [9.17, 15) is 27.9 Å². The highest BCUT2D eigenvalue weighted by molar-refractivity contribution is 5.85. The smallest absolute Gasteiger partial charge is 0.479 e. The number of halogens is 3. The third kappa shape index (κ3) is 5.30. The molecule has 1 atom stereocenters. The first kappa shape index (κ1) is 25.0. The Balaban J connectivity index is 0.000000406. The minimum absolute atomic E-state index is 0.0461. The Morgan fingerprint density at radius 2 is 1.56 bits per heavy atom. The number of likely N-dealkylation sites (tertiary alicyclic amines) is 1. The van der Waals surface area contributed by atoms with E-state index in [1.807, 2.05) is 48.3 Å². The van der Waals surface area contributed by atoms with Gasteiger partial charge < -0.3 is 25.2 Å². The summed E-state index contributed by atoms with van der Waals surface area (Å²) in [5.74, 6) is -3.83. The molecule has 2 aromatic carbocycles. The standard InChI is InChI=1S/C21H22N2O4.C2HF3O2/c1-23-11-10-21(13-23,19(24)25)22-20(26)27-12-18-16-8-4-2-6-14(16)15-7-3-5-9-17(15)18;3-2(4,5)1(6)7/h2-9,18H,10-13H2,1H3,(H,22,26)(H,24,25);(H,6,7)/t21-;/m0./s1. The van der Waals surface area contributed by atoms with Crippen LogP contribution in [0.2, 0.25) is 0 Å². The van der Waals surface area contributed by atoms with Gasteiger partial charge in [-0.3, -0.25) is 0 Å². The van der Waals surface area contributed by atoms with Gasteiger partial charge in [-0.05, 0) is 35.7 Å². The number of hydrogen-bond acceptors (Lipinski definition) is 5.